The van der Waals surface area contributed by atoms with Crippen molar-refractivity contribution in [1.29, 1.82) is 0 Å². The van der Waals surface area contributed by atoms with Gasteiger partial charge in [0.25, 0.3) is 0 Å². The second-order valence-electron chi connectivity index (χ2n) is 8.21. The molecule has 7 heteroatoms. The van der Waals surface area contributed by atoms with E-state index in [1.807, 2.05) is 12.1 Å². The Hall–Kier alpha value is -4.39. The van der Waals surface area contributed by atoms with Crippen LogP contribution < -0.4 is 14.2 Å². The van der Waals surface area contributed by atoms with Crippen molar-refractivity contribution >= 4 is 17.9 Å². The zero-order chi connectivity index (χ0) is 26.6. The maximum atomic E-state index is 12.6. The Morgan fingerprint density at radius 1 is 0.784 bits per heavy atom. The lowest BCUT2D eigenvalue weighted by Crippen LogP contribution is -2.11. The van der Waals surface area contributed by atoms with Crippen LogP contribution in [0.5, 0.6) is 17.2 Å². The highest BCUT2D eigenvalue weighted by atomic mass is 16.5. The first-order valence-corrected chi connectivity index (χ1v) is 12.1. The summed E-state index contributed by atoms with van der Waals surface area (Å²) in [5.74, 6) is -0.0136. The van der Waals surface area contributed by atoms with Crippen LogP contribution >= 0.6 is 0 Å². The van der Waals surface area contributed by atoms with E-state index in [1.165, 1.54) is 0 Å². The number of ether oxygens (including phenoxy) is 4. The fraction of sp³-hybridized carbons (Fsp3) is 0.233. The van der Waals surface area contributed by atoms with Gasteiger partial charge in [0.1, 0.15) is 17.2 Å². The third kappa shape index (κ3) is 8.35. The second-order valence-corrected chi connectivity index (χ2v) is 8.21. The number of aryl methyl sites for hydroxylation is 2. The van der Waals surface area contributed by atoms with Crippen molar-refractivity contribution in [2.75, 3.05) is 13.2 Å². The summed E-state index contributed by atoms with van der Waals surface area (Å²) in [6.07, 6.45) is 3.42. The fourth-order valence-electron chi connectivity index (χ4n) is 3.32. The SMILES string of the molecule is C=CC(=O)OCCCCOc1ccc(C(=O)Oc2ccc(C(=O)Oc3ccc(CC)cc3)cc2C)cc1. The molecule has 0 aliphatic heterocycles. The fourth-order valence-corrected chi connectivity index (χ4v) is 3.32. The monoisotopic (exact) mass is 502 g/mol. The summed E-state index contributed by atoms with van der Waals surface area (Å²) in [6.45, 7) is 7.92. The summed E-state index contributed by atoms with van der Waals surface area (Å²) in [7, 11) is 0. The number of benzene rings is 3. The zero-order valence-corrected chi connectivity index (χ0v) is 21.0. The maximum absolute atomic E-state index is 12.6. The van der Waals surface area contributed by atoms with Gasteiger partial charge in [0, 0.05) is 6.08 Å². The molecule has 0 radical (unpaired) electrons. The standard InChI is InChI=1S/C30H30O7/c1-4-22-8-13-26(14-9-22)36-30(33)24-12-17-27(21(3)20-24)37-29(32)23-10-15-25(16-11-23)34-18-6-7-19-35-28(31)5-2/h5,8-17,20H,2,4,6-7,18-19H2,1,3H3. The van der Waals surface area contributed by atoms with Gasteiger partial charge < -0.3 is 18.9 Å². The minimum Gasteiger partial charge on any atom is -0.494 e. The topological polar surface area (TPSA) is 88.1 Å². The molecule has 3 rings (SSSR count). The molecule has 0 saturated heterocycles. The average Bonchev–Trinajstić information content (AvgIpc) is 2.92. The van der Waals surface area contributed by atoms with Gasteiger partial charge in [0.2, 0.25) is 0 Å². The quantitative estimate of drug-likeness (QED) is 0.132. The molecule has 192 valence electrons. The molecular formula is C30H30O7. The first-order valence-electron chi connectivity index (χ1n) is 12.1. The van der Waals surface area contributed by atoms with Crippen molar-refractivity contribution in [3.05, 3.63) is 102 Å². The summed E-state index contributed by atoms with van der Waals surface area (Å²) in [6, 6.07) is 18.7. The van der Waals surface area contributed by atoms with Crippen LogP contribution in [0.25, 0.3) is 0 Å². The Morgan fingerprint density at radius 2 is 1.41 bits per heavy atom. The second kappa shape index (κ2) is 13.6. The molecule has 0 aromatic heterocycles. The number of hydrogen-bond donors (Lipinski definition) is 0. The van der Waals surface area contributed by atoms with Crippen molar-refractivity contribution in [3.8, 4) is 17.2 Å². The Labute approximate surface area is 216 Å². The van der Waals surface area contributed by atoms with Gasteiger partial charge in [0.15, 0.2) is 0 Å². The highest BCUT2D eigenvalue weighted by molar-refractivity contribution is 5.93. The van der Waals surface area contributed by atoms with Gasteiger partial charge in [-0.25, -0.2) is 14.4 Å². The molecule has 0 aliphatic carbocycles. The van der Waals surface area contributed by atoms with E-state index in [0.717, 1.165) is 18.1 Å². The molecule has 7 nitrogen and oxygen atoms in total. The lowest BCUT2D eigenvalue weighted by Gasteiger charge is -2.10. The predicted octanol–water partition coefficient (Wildman–Crippen LogP) is 5.88. The number of hydrogen-bond acceptors (Lipinski definition) is 7. The van der Waals surface area contributed by atoms with Crippen molar-refractivity contribution in [3.63, 3.8) is 0 Å². The molecule has 0 N–H and O–H groups in total. The van der Waals surface area contributed by atoms with Crippen LogP contribution in [-0.2, 0) is 16.0 Å². The van der Waals surface area contributed by atoms with Crippen LogP contribution in [0.4, 0.5) is 0 Å². The zero-order valence-electron chi connectivity index (χ0n) is 21.0. The molecular weight excluding hydrogens is 472 g/mol. The molecule has 3 aromatic rings. The van der Waals surface area contributed by atoms with Gasteiger partial charge in [-0.2, -0.15) is 0 Å². The molecule has 0 heterocycles. The Bertz CT molecular complexity index is 1230. The third-order valence-corrected chi connectivity index (χ3v) is 5.46. The van der Waals surface area contributed by atoms with E-state index in [0.29, 0.717) is 60.0 Å². The molecule has 0 bridgehead atoms. The molecule has 0 fully saturated rings. The van der Waals surface area contributed by atoms with E-state index in [4.69, 9.17) is 18.9 Å². The number of rotatable bonds is 12. The van der Waals surface area contributed by atoms with Crippen LogP contribution in [-0.4, -0.2) is 31.1 Å². The van der Waals surface area contributed by atoms with E-state index in [2.05, 4.69) is 13.5 Å². The van der Waals surface area contributed by atoms with E-state index in [-0.39, 0.29) is 0 Å². The molecule has 0 aliphatic rings. The molecule has 0 amide bonds. The average molecular weight is 503 g/mol. The van der Waals surface area contributed by atoms with Crippen LogP contribution in [0.1, 0.15) is 51.6 Å². The van der Waals surface area contributed by atoms with Gasteiger partial charge in [-0.3, -0.25) is 0 Å². The van der Waals surface area contributed by atoms with Crippen LogP contribution in [0.15, 0.2) is 79.4 Å². The summed E-state index contributed by atoms with van der Waals surface area (Å²) >= 11 is 0. The molecule has 3 aromatic carbocycles. The van der Waals surface area contributed by atoms with Gasteiger partial charge in [-0.05, 0) is 91.9 Å². The third-order valence-electron chi connectivity index (χ3n) is 5.46. The van der Waals surface area contributed by atoms with E-state index in [1.54, 1.807) is 61.5 Å². The first-order chi connectivity index (χ1) is 17.9. The van der Waals surface area contributed by atoms with E-state index < -0.39 is 17.9 Å². The number of esters is 3. The van der Waals surface area contributed by atoms with Gasteiger partial charge in [-0.1, -0.05) is 25.6 Å². The van der Waals surface area contributed by atoms with Gasteiger partial charge in [0.05, 0.1) is 24.3 Å². The van der Waals surface area contributed by atoms with Crippen molar-refractivity contribution in [2.45, 2.75) is 33.1 Å². The minimum atomic E-state index is -0.523. The molecule has 0 saturated carbocycles. The van der Waals surface area contributed by atoms with Gasteiger partial charge >= 0.3 is 17.9 Å². The maximum Gasteiger partial charge on any atom is 0.343 e. The normalized spacial score (nSPS) is 10.3. The van der Waals surface area contributed by atoms with Crippen LogP contribution in [0.2, 0.25) is 0 Å². The molecule has 0 atom stereocenters. The molecule has 0 unspecified atom stereocenters. The summed E-state index contributed by atoms with van der Waals surface area (Å²) in [4.78, 5) is 36.1. The van der Waals surface area contributed by atoms with Crippen molar-refractivity contribution < 1.29 is 33.3 Å². The largest absolute Gasteiger partial charge is 0.494 e. The number of carbonyl (C=O) groups excluding carboxylic acids is 3. The van der Waals surface area contributed by atoms with Crippen molar-refractivity contribution in [1.82, 2.24) is 0 Å². The lowest BCUT2D eigenvalue weighted by atomic mass is 10.1. The lowest BCUT2D eigenvalue weighted by molar-refractivity contribution is -0.137. The predicted molar refractivity (Wildman–Crippen MR) is 139 cm³/mol. The van der Waals surface area contributed by atoms with E-state index in [9.17, 15) is 14.4 Å². The highest BCUT2D eigenvalue weighted by Gasteiger charge is 2.14. The van der Waals surface area contributed by atoms with Crippen LogP contribution in [0, 0.1) is 6.92 Å². The van der Waals surface area contributed by atoms with Crippen LogP contribution in [0.3, 0.4) is 0 Å². The summed E-state index contributed by atoms with van der Waals surface area (Å²) in [5.41, 5.74) is 2.51. The molecule has 37 heavy (non-hydrogen) atoms. The molecule has 0 spiro atoms. The Kier molecular flexibility index (Phi) is 10.0. The highest BCUT2D eigenvalue weighted by Crippen LogP contribution is 2.23. The summed E-state index contributed by atoms with van der Waals surface area (Å²) < 4.78 is 21.5. The number of carbonyl (C=O) groups is 3. The minimum absolute atomic E-state index is 0.313. The Balaban J connectivity index is 1.49. The number of unbranched alkanes of at least 4 members (excludes halogenated alkanes) is 1. The smallest absolute Gasteiger partial charge is 0.343 e. The van der Waals surface area contributed by atoms with Gasteiger partial charge in [-0.15, -0.1) is 0 Å². The summed E-state index contributed by atoms with van der Waals surface area (Å²) in [5, 5.41) is 0. The van der Waals surface area contributed by atoms with Crippen molar-refractivity contribution in [2.24, 2.45) is 0 Å². The Morgan fingerprint density at radius 3 is 2.05 bits per heavy atom. The van der Waals surface area contributed by atoms with E-state index >= 15 is 0 Å². The first kappa shape index (κ1) is 27.2.